The Morgan fingerprint density at radius 1 is 0.440 bits per heavy atom. The van der Waals surface area contributed by atoms with Crippen LogP contribution in [0.3, 0.4) is 0 Å². The molecule has 16 aromatic rings. The molecule has 23 nitrogen and oxygen atoms in total. The van der Waals surface area contributed by atoms with E-state index in [4.69, 9.17) is 19.7 Å². The van der Waals surface area contributed by atoms with Gasteiger partial charge >= 0.3 is 0 Å². The quantitative estimate of drug-likeness (QED) is 0.0958. The Morgan fingerprint density at radius 3 is 1.11 bits per heavy atom. The Hall–Kier alpha value is -14.9. The first kappa shape index (κ1) is 71.1. The number of fused-ring (bicyclic) bond motifs is 6. The van der Waals surface area contributed by atoms with Crippen LogP contribution in [-0.2, 0) is 7.05 Å². The Bertz CT molecular complexity index is 6660. The van der Waals surface area contributed by atoms with Crippen LogP contribution in [0.25, 0.3) is 83.2 Å². The Balaban J connectivity index is 0.000000137. The number of rotatable bonds is 12. The van der Waals surface area contributed by atoms with Gasteiger partial charge in [0.05, 0.1) is 79.8 Å². The summed E-state index contributed by atoms with van der Waals surface area (Å²) in [6.45, 7) is 12.3. The summed E-state index contributed by atoms with van der Waals surface area (Å²) in [6.07, 6.45) is 19.2. The SMILES string of the molecule is C#Cc1cccc2oc([C@H](C)NC(=O)c3c(C)nn4cccnc34)c(-c3ccccc3)c(=O)c12.CC#Cc1cccc2oc([C@H](C)NC(=O)c3c(C)nn4cccnc34)c(-c3ccccc3)c(=O)c12.Cc1nn2cccnc2c1C(=O)N[C@@H](C)c1oc2cccc(C#Cc3cnn(C)c3)c2c(=O)c1-c1ccccc1. The van der Waals surface area contributed by atoms with Gasteiger partial charge in [-0.15, -0.1) is 12.3 Å². The molecule has 3 amide bonds. The zero-order valence-electron chi connectivity index (χ0n) is 60.1. The highest BCUT2D eigenvalue weighted by molar-refractivity contribution is 6.03. The number of aromatic nitrogens is 11. The van der Waals surface area contributed by atoms with Crippen molar-refractivity contribution in [2.45, 2.75) is 66.6 Å². The van der Waals surface area contributed by atoms with E-state index in [9.17, 15) is 28.8 Å². The van der Waals surface area contributed by atoms with E-state index in [1.54, 1.807) is 189 Å². The topological polar surface area (TPSA) is 286 Å². The van der Waals surface area contributed by atoms with Gasteiger partial charge in [0.1, 0.15) is 50.7 Å². The minimum absolute atomic E-state index is 0.194. The van der Waals surface area contributed by atoms with Gasteiger partial charge in [-0.05, 0) is 120 Å². The molecule has 0 spiro atoms. The molecule has 0 aliphatic carbocycles. The molecule has 0 aliphatic heterocycles. The molecule has 10 heterocycles. The lowest BCUT2D eigenvalue weighted by Gasteiger charge is -2.18. The molecule has 534 valence electrons. The van der Waals surface area contributed by atoms with Gasteiger partial charge in [0.25, 0.3) is 17.7 Å². The highest BCUT2D eigenvalue weighted by atomic mass is 16.3. The first-order valence-corrected chi connectivity index (χ1v) is 34.6. The van der Waals surface area contributed by atoms with Crippen LogP contribution >= 0.6 is 0 Å². The van der Waals surface area contributed by atoms with Crippen molar-refractivity contribution < 1.29 is 27.6 Å². The van der Waals surface area contributed by atoms with Crippen LogP contribution in [0.5, 0.6) is 0 Å². The maximum atomic E-state index is 14.2. The molecule has 23 heteroatoms. The molecule has 0 radical (unpaired) electrons. The van der Waals surface area contributed by atoms with E-state index in [0.717, 1.165) is 5.56 Å². The van der Waals surface area contributed by atoms with Crippen molar-refractivity contribution in [2.75, 3.05) is 0 Å². The second-order valence-electron chi connectivity index (χ2n) is 25.4. The summed E-state index contributed by atoms with van der Waals surface area (Å²) in [7, 11) is 1.82. The molecule has 0 fully saturated rings. The molecule has 6 aromatic carbocycles. The summed E-state index contributed by atoms with van der Waals surface area (Å²) in [5.41, 5.74) is 10.1. The highest BCUT2D eigenvalue weighted by Crippen LogP contribution is 2.35. The maximum absolute atomic E-state index is 14.2. The molecule has 0 saturated carbocycles. The number of amides is 3. The van der Waals surface area contributed by atoms with Crippen molar-refractivity contribution in [1.29, 1.82) is 0 Å². The van der Waals surface area contributed by atoms with Crippen LogP contribution in [-0.4, -0.2) is 71.3 Å². The van der Waals surface area contributed by atoms with Crippen molar-refractivity contribution >= 4 is 67.6 Å². The fourth-order valence-electron chi connectivity index (χ4n) is 13.2. The van der Waals surface area contributed by atoms with Gasteiger partial charge in [-0.25, -0.2) is 28.5 Å². The number of hydrogen-bond donors (Lipinski definition) is 3. The van der Waals surface area contributed by atoms with E-state index in [0.29, 0.717) is 151 Å². The number of benzene rings is 6. The van der Waals surface area contributed by atoms with Crippen molar-refractivity contribution in [1.82, 2.24) is 69.5 Å². The second kappa shape index (κ2) is 30.4. The van der Waals surface area contributed by atoms with E-state index >= 15 is 0 Å². The summed E-state index contributed by atoms with van der Waals surface area (Å²) in [4.78, 5) is 94.6. The van der Waals surface area contributed by atoms with Crippen LogP contribution in [0, 0.1) is 56.8 Å². The van der Waals surface area contributed by atoms with E-state index in [1.807, 2.05) is 98.0 Å². The Kier molecular flexibility index (Phi) is 19.9. The fourth-order valence-corrected chi connectivity index (χ4v) is 13.2. The van der Waals surface area contributed by atoms with Gasteiger partial charge < -0.3 is 29.2 Å². The smallest absolute Gasteiger partial charge is 0.257 e. The minimum Gasteiger partial charge on any atom is -0.458 e. The average molecular weight is 1440 g/mol. The molecule has 16 rings (SSSR count). The lowest BCUT2D eigenvalue weighted by Crippen LogP contribution is -2.28. The summed E-state index contributed by atoms with van der Waals surface area (Å²) < 4.78 is 25.3. The molecule has 10 aromatic heterocycles. The van der Waals surface area contributed by atoms with Gasteiger partial charge in [-0.3, -0.25) is 33.4 Å². The van der Waals surface area contributed by atoms with Crippen LogP contribution in [0.1, 0.15) is 134 Å². The third-order valence-electron chi connectivity index (χ3n) is 18.1. The average Bonchev–Trinajstić information content (AvgIpc) is 1.73. The summed E-state index contributed by atoms with van der Waals surface area (Å²) >= 11 is 0. The summed E-state index contributed by atoms with van der Waals surface area (Å²) in [5.74, 6) is 14.6. The number of hydrogen-bond acceptors (Lipinski definition) is 16. The first-order valence-electron chi connectivity index (χ1n) is 34.6. The van der Waals surface area contributed by atoms with Gasteiger partial charge in [-0.2, -0.15) is 20.4 Å². The van der Waals surface area contributed by atoms with E-state index < -0.39 is 18.1 Å². The van der Waals surface area contributed by atoms with Gasteiger partial charge in [0.2, 0.25) is 16.3 Å². The van der Waals surface area contributed by atoms with Crippen molar-refractivity contribution in [3.63, 3.8) is 0 Å². The molecule has 0 bridgehead atoms. The van der Waals surface area contributed by atoms with Crippen molar-refractivity contribution in [2.24, 2.45) is 7.05 Å². The molecular formula is C86H66N14O9. The van der Waals surface area contributed by atoms with Crippen LogP contribution < -0.4 is 32.2 Å². The third kappa shape index (κ3) is 14.0. The zero-order valence-corrected chi connectivity index (χ0v) is 60.1. The molecule has 0 saturated heterocycles. The second-order valence-corrected chi connectivity index (χ2v) is 25.4. The van der Waals surface area contributed by atoms with Gasteiger partial charge in [-0.1, -0.05) is 133 Å². The number of terminal acetylenes is 1. The molecule has 3 N–H and O–H groups in total. The molecule has 3 atom stereocenters. The molecule has 109 heavy (non-hydrogen) atoms. The monoisotopic (exact) mass is 1440 g/mol. The largest absolute Gasteiger partial charge is 0.458 e. The standard InChI is InChI=1S/C31H24N6O3.C28H22N4O3.C27H20N4O3/c1-19-25(30-32-15-8-16-37(30)35-19)31(39)34-20(2)29-27(22-9-5-4-6-10-22)28(38)26-23(11-7-12-24(26)40-29)14-13-21-17-33-36(3)18-21;1-4-10-19-13-8-14-21-23(19)25(33)24(20-11-6-5-7-12-20)26(35-21)18(3)30-28(34)22-17(2)31-32-16-9-15-29-27(22)32;1-4-18-12-8-13-20-22(18)24(32)23(19-10-6-5-7-11-19)25(34-20)17(3)29-27(33)21-16(2)30-31-15-9-14-28-26(21)31/h4-12,15-18,20H,1-3H3,(H,34,39);5-9,11-16,18H,1-3H3,(H,30,34);1,5-15,17H,2-3H3,(H,29,33)/t20-;18-;17-/m000/s1. The number of nitrogens with one attached hydrogen (secondary N) is 3. The predicted octanol–water partition coefficient (Wildman–Crippen LogP) is 13.4. The molecular weight excluding hydrogens is 1370 g/mol. The van der Waals surface area contributed by atoms with Crippen molar-refractivity contribution in [3.05, 3.63) is 317 Å². The van der Waals surface area contributed by atoms with Crippen LogP contribution in [0.15, 0.2) is 241 Å². The highest BCUT2D eigenvalue weighted by Gasteiger charge is 2.30. The summed E-state index contributed by atoms with van der Waals surface area (Å²) in [6, 6.07) is 46.9. The van der Waals surface area contributed by atoms with E-state index in [1.165, 1.54) is 0 Å². The van der Waals surface area contributed by atoms with E-state index in [-0.39, 0.29) is 34.0 Å². The number of carbonyl (C=O) groups excluding carboxylic acids is 3. The predicted molar refractivity (Wildman–Crippen MR) is 414 cm³/mol. The maximum Gasteiger partial charge on any atom is 0.257 e. The molecule has 0 unspecified atom stereocenters. The van der Waals surface area contributed by atoms with Crippen molar-refractivity contribution in [3.8, 4) is 69.4 Å². The van der Waals surface area contributed by atoms with Crippen LogP contribution in [0.4, 0.5) is 0 Å². The number of nitrogens with zero attached hydrogens (tertiary/aromatic N) is 11. The normalized spacial score (nSPS) is 11.8. The number of aryl methyl sites for hydroxylation is 4. The number of carbonyl (C=O) groups is 3. The van der Waals surface area contributed by atoms with Gasteiger partial charge in [0.15, 0.2) is 16.9 Å². The minimum atomic E-state index is -0.650. The molecule has 0 aliphatic rings. The lowest BCUT2D eigenvalue weighted by atomic mass is 9.97. The fraction of sp³-hybridized carbons (Fsp3) is 0.128. The lowest BCUT2D eigenvalue weighted by molar-refractivity contribution is 0.0928. The summed E-state index contributed by atoms with van der Waals surface area (Å²) in [5, 5.41) is 27.3. The zero-order chi connectivity index (χ0) is 76.1. The first-order chi connectivity index (χ1) is 52.9. The van der Waals surface area contributed by atoms with Crippen LogP contribution in [0.2, 0.25) is 0 Å². The van der Waals surface area contributed by atoms with E-state index in [2.05, 4.69) is 80.9 Å². The Morgan fingerprint density at radius 2 is 0.780 bits per heavy atom. The van der Waals surface area contributed by atoms with Gasteiger partial charge in [0, 0.05) is 67.1 Å². The third-order valence-corrected chi connectivity index (χ3v) is 18.1. The Labute approximate surface area is 622 Å².